The molecule has 4 aromatic rings. The summed E-state index contributed by atoms with van der Waals surface area (Å²) in [6, 6.07) is 22.2. The second kappa shape index (κ2) is 10.7. The van der Waals surface area contributed by atoms with Crippen LogP contribution >= 0.6 is 11.3 Å². The Labute approximate surface area is 213 Å². The normalized spacial score (nSPS) is 15.9. The number of amides is 3. The van der Waals surface area contributed by atoms with Gasteiger partial charge in [0, 0.05) is 17.8 Å². The molecule has 2 N–H and O–H groups in total. The number of rotatable bonds is 6. The Bertz CT molecular complexity index is 1380. The average Bonchev–Trinajstić information content (AvgIpc) is 3.31. The van der Waals surface area contributed by atoms with Crippen molar-refractivity contribution in [2.45, 2.75) is 25.3 Å². The van der Waals surface area contributed by atoms with Crippen LogP contribution in [0.2, 0.25) is 0 Å². The zero-order chi connectivity index (χ0) is 24.9. The molecule has 1 atom stereocenters. The van der Waals surface area contributed by atoms with E-state index in [0.29, 0.717) is 24.2 Å². The Morgan fingerprint density at radius 1 is 0.972 bits per heavy atom. The van der Waals surface area contributed by atoms with E-state index < -0.39 is 6.04 Å². The molecule has 1 unspecified atom stereocenters. The molecule has 0 radical (unpaired) electrons. The number of hydrogen-bond acceptors (Lipinski definition) is 5. The lowest BCUT2D eigenvalue weighted by Gasteiger charge is -2.24. The standard InChI is InChI=1S/C28H26N4O3S/c33-26(30-22-13-14-23-25(16-22)36-18-29-23)17-32-15-5-4-8-24(28(32)35)31-27(34)21-11-9-20(10-12-21)19-6-2-1-3-7-19/h1-3,6-7,9-14,16,18,24H,4-5,8,15,17H2,(H,30,33)(H,31,34). The van der Waals surface area contributed by atoms with Crippen LogP contribution in [0.15, 0.2) is 78.3 Å². The van der Waals surface area contributed by atoms with Gasteiger partial charge >= 0.3 is 0 Å². The molecule has 1 aromatic heterocycles. The van der Waals surface area contributed by atoms with Crippen molar-refractivity contribution >= 4 is 45.0 Å². The molecule has 7 nitrogen and oxygen atoms in total. The van der Waals surface area contributed by atoms with Crippen LogP contribution in [0.3, 0.4) is 0 Å². The van der Waals surface area contributed by atoms with Gasteiger partial charge in [0.05, 0.1) is 22.3 Å². The molecule has 1 fully saturated rings. The van der Waals surface area contributed by atoms with Crippen LogP contribution in [0.25, 0.3) is 21.3 Å². The number of nitrogens with zero attached hydrogens (tertiary/aromatic N) is 2. The summed E-state index contributed by atoms with van der Waals surface area (Å²) >= 11 is 1.50. The van der Waals surface area contributed by atoms with E-state index in [4.69, 9.17) is 0 Å². The van der Waals surface area contributed by atoms with Gasteiger partial charge in [-0.1, -0.05) is 42.5 Å². The Balaban J connectivity index is 1.21. The molecule has 0 bridgehead atoms. The van der Waals surface area contributed by atoms with Gasteiger partial charge in [0.2, 0.25) is 11.8 Å². The van der Waals surface area contributed by atoms with E-state index >= 15 is 0 Å². The van der Waals surface area contributed by atoms with Crippen LogP contribution in [0.1, 0.15) is 29.6 Å². The topological polar surface area (TPSA) is 91.4 Å². The number of carbonyl (C=O) groups excluding carboxylic acids is 3. The minimum Gasteiger partial charge on any atom is -0.340 e. The maximum Gasteiger partial charge on any atom is 0.251 e. The molecule has 8 heteroatoms. The molecule has 1 saturated heterocycles. The highest BCUT2D eigenvalue weighted by molar-refractivity contribution is 7.16. The zero-order valence-electron chi connectivity index (χ0n) is 19.6. The Hall–Kier alpha value is -4.04. The number of fused-ring (bicyclic) bond motifs is 1. The fourth-order valence-electron chi connectivity index (χ4n) is 4.39. The van der Waals surface area contributed by atoms with E-state index in [-0.39, 0.29) is 24.3 Å². The first-order valence-corrected chi connectivity index (χ1v) is 12.8. The third-order valence-electron chi connectivity index (χ3n) is 6.29. The van der Waals surface area contributed by atoms with Gasteiger partial charge in [-0.15, -0.1) is 11.3 Å². The molecule has 182 valence electrons. The van der Waals surface area contributed by atoms with E-state index in [9.17, 15) is 14.4 Å². The van der Waals surface area contributed by atoms with Crippen molar-refractivity contribution in [1.82, 2.24) is 15.2 Å². The number of anilines is 1. The molecule has 3 aromatic carbocycles. The summed E-state index contributed by atoms with van der Waals surface area (Å²) < 4.78 is 0.984. The van der Waals surface area contributed by atoms with Crippen molar-refractivity contribution < 1.29 is 14.4 Å². The lowest BCUT2D eigenvalue weighted by Crippen LogP contribution is -2.49. The number of carbonyl (C=O) groups is 3. The molecule has 0 aliphatic carbocycles. The monoisotopic (exact) mass is 498 g/mol. The lowest BCUT2D eigenvalue weighted by molar-refractivity contribution is -0.135. The summed E-state index contributed by atoms with van der Waals surface area (Å²) in [5.41, 5.74) is 5.90. The zero-order valence-corrected chi connectivity index (χ0v) is 20.5. The van der Waals surface area contributed by atoms with Gasteiger partial charge in [0.25, 0.3) is 5.91 Å². The quantitative estimate of drug-likeness (QED) is 0.403. The summed E-state index contributed by atoms with van der Waals surface area (Å²) in [6.45, 7) is 0.427. The number of hydrogen-bond donors (Lipinski definition) is 2. The van der Waals surface area contributed by atoms with E-state index in [2.05, 4.69) is 15.6 Å². The Morgan fingerprint density at radius 3 is 2.56 bits per heavy atom. The number of nitrogens with one attached hydrogen (secondary N) is 2. The largest absolute Gasteiger partial charge is 0.340 e. The minimum atomic E-state index is -0.657. The highest BCUT2D eigenvalue weighted by Gasteiger charge is 2.29. The molecule has 1 aliphatic rings. The predicted octanol–water partition coefficient (Wildman–Crippen LogP) is 4.71. The van der Waals surface area contributed by atoms with Crippen molar-refractivity contribution in [2.24, 2.45) is 0 Å². The maximum absolute atomic E-state index is 13.2. The first-order chi connectivity index (χ1) is 17.6. The first kappa shape index (κ1) is 23.7. The summed E-state index contributed by atoms with van der Waals surface area (Å²) in [7, 11) is 0. The Morgan fingerprint density at radius 2 is 1.75 bits per heavy atom. The summed E-state index contributed by atoms with van der Waals surface area (Å²) in [5.74, 6) is -0.789. The highest BCUT2D eigenvalue weighted by atomic mass is 32.1. The van der Waals surface area contributed by atoms with Gasteiger partial charge in [-0.2, -0.15) is 0 Å². The number of thiazole rings is 1. The lowest BCUT2D eigenvalue weighted by atomic mass is 10.0. The van der Waals surface area contributed by atoms with Crippen LogP contribution < -0.4 is 10.6 Å². The molecule has 5 rings (SSSR count). The summed E-state index contributed by atoms with van der Waals surface area (Å²) in [5, 5.41) is 5.76. The number of aromatic nitrogens is 1. The van der Waals surface area contributed by atoms with Crippen molar-refractivity contribution in [2.75, 3.05) is 18.4 Å². The number of benzene rings is 3. The molecule has 1 aliphatic heterocycles. The molecule has 0 saturated carbocycles. The second-order valence-corrected chi connectivity index (χ2v) is 9.69. The molecular weight excluding hydrogens is 472 g/mol. The minimum absolute atomic E-state index is 0.0578. The van der Waals surface area contributed by atoms with Gasteiger partial charge in [-0.25, -0.2) is 4.98 Å². The predicted molar refractivity (Wildman–Crippen MR) is 142 cm³/mol. The second-order valence-electron chi connectivity index (χ2n) is 8.81. The summed E-state index contributed by atoms with van der Waals surface area (Å²) in [4.78, 5) is 44.6. The third-order valence-corrected chi connectivity index (χ3v) is 7.08. The van der Waals surface area contributed by atoms with Crippen LogP contribution in [0, 0.1) is 0 Å². The van der Waals surface area contributed by atoms with E-state index in [0.717, 1.165) is 34.2 Å². The molecule has 36 heavy (non-hydrogen) atoms. The molecule has 2 heterocycles. The number of likely N-dealkylation sites (tertiary alicyclic amines) is 1. The molecule has 0 spiro atoms. The maximum atomic E-state index is 13.2. The Kier molecular flexibility index (Phi) is 7.04. The van der Waals surface area contributed by atoms with Crippen molar-refractivity contribution in [3.05, 3.63) is 83.9 Å². The third kappa shape index (κ3) is 5.44. The smallest absolute Gasteiger partial charge is 0.251 e. The van der Waals surface area contributed by atoms with Gasteiger partial charge < -0.3 is 15.5 Å². The van der Waals surface area contributed by atoms with Gasteiger partial charge in [-0.3, -0.25) is 14.4 Å². The van der Waals surface area contributed by atoms with Gasteiger partial charge in [-0.05, 0) is 60.7 Å². The van der Waals surface area contributed by atoms with Crippen LogP contribution in [-0.4, -0.2) is 46.7 Å². The van der Waals surface area contributed by atoms with E-state index in [1.54, 1.807) is 23.7 Å². The van der Waals surface area contributed by atoms with Crippen LogP contribution in [0.5, 0.6) is 0 Å². The van der Waals surface area contributed by atoms with Gasteiger partial charge in [0.1, 0.15) is 6.04 Å². The van der Waals surface area contributed by atoms with Crippen molar-refractivity contribution in [3.8, 4) is 11.1 Å². The molecule has 3 amide bonds. The first-order valence-electron chi connectivity index (χ1n) is 11.9. The van der Waals surface area contributed by atoms with E-state index in [1.807, 2.05) is 54.6 Å². The molecular formula is C28H26N4O3S. The van der Waals surface area contributed by atoms with E-state index in [1.165, 1.54) is 16.2 Å². The fourth-order valence-corrected chi connectivity index (χ4v) is 5.11. The van der Waals surface area contributed by atoms with Crippen molar-refractivity contribution in [3.63, 3.8) is 0 Å². The van der Waals surface area contributed by atoms with Gasteiger partial charge in [0.15, 0.2) is 0 Å². The SMILES string of the molecule is O=C(CN1CCCCC(NC(=O)c2ccc(-c3ccccc3)cc2)C1=O)Nc1ccc2ncsc2c1. The summed E-state index contributed by atoms with van der Waals surface area (Å²) in [6.07, 6.45) is 2.13. The average molecular weight is 499 g/mol. The fraction of sp³-hybridized carbons (Fsp3) is 0.214. The highest BCUT2D eigenvalue weighted by Crippen LogP contribution is 2.22. The van der Waals surface area contributed by atoms with Crippen LogP contribution in [0.4, 0.5) is 5.69 Å². The van der Waals surface area contributed by atoms with Crippen molar-refractivity contribution in [1.29, 1.82) is 0 Å². The van der Waals surface area contributed by atoms with Crippen LogP contribution in [-0.2, 0) is 9.59 Å².